The molecule has 2 amide bonds. The van der Waals surface area contributed by atoms with Crippen LogP contribution in [0.2, 0.25) is 0 Å². The van der Waals surface area contributed by atoms with Crippen LogP contribution >= 0.6 is 0 Å². The Morgan fingerprint density at radius 2 is 1.88 bits per heavy atom. The van der Waals surface area contributed by atoms with E-state index in [9.17, 15) is 9.90 Å². The van der Waals surface area contributed by atoms with E-state index in [1.54, 1.807) is 18.2 Å². The maximum Gasteiger partial charge on any atom is 0.319 e. The molecule has 6 heteroatoms. The van der Waals surface area contributed by atoms with Crippen molar-refractivity contribution >= 4 is 28.7 Å². The third-order valence-electron chi connectivity index (χ3n) is 4.36. The smallest absolute Gasteiger partial charge is 0.319 e. The highest BCUT2D eigenvalue weighted by atomic mass is 16.3. The van der Waals surface area contributed by atoms with Crippen molar-refractivity contribution in [3.63, 3.8) is 0 Å². The van der Waals surface area contributed by atoms with Gasteiger partial charge in [0.15, 0.2) is 0 Å². The molecule has 5 N–H and O–H groups in total. The molecule has 0 aliphatic carbocycles. The summed E-state index contributed by atoms with van der Waals surface area (Å²) in [5.41, 5.74) is 4.64. The third-order valence-corrected chi connectivity index (χ3v) is 4.36. The number of amides is 2. The number of rotatable bonds is 4. The number of aliphatic hydroxyl groups excluding tert-OH is 1. The topological polar surface area (TPSA) is 85.4 Å². The number of benzene rings is 2. The molecule has 0 unspecified atom stereocenters. The Balaban J connectivity index is 1.70. The lowest BCUT2D eigenvalue weighted by molar-refractivity contribution is 0.238. The molecular weight excluding hydrogens is 328 g/mol. The minimum absolute atomic E-state index is 0.304. The predicted molar refractivity (Wildman–Crippen MR) is 106 cm³/mol. The number of urea groups is 1. The van der Waals surface area contributed by atoms with Crippen LogP contribution in [0.4, 0.5) is 21.9 Å². The summed E-state index contributed by atoms with van der Waals surface area (Å²) in [6.45, 7) is 9.83. The molecule has 6 nitrogen and oxygen atoms in total. The quantitative estimate of drug-likeness (QED) is 0.578. The monoisotopic (exact) mass is 352 g/mol. The first-order valence-corrected chi connectivity index (χ1v) is 8.45. The average Bonchev–Trinajstić information content (AvgIpc) is 2.93. The number of anilines is 3. The average molecular weight is 352 g/mol. The van der Waals surface area contributed by atoms with Crippen molar-refractivity contribution in [1.29, 1.82) is 0 Å². The number of nitrogens with one attached hydrogen (secondary N) is 4. The van der Waals surface area contributed by atoms with Crippen LogP contribution in [0.3, 0.4) is 0 Å². The first-order chi connectivity index (χ1) is 12.2. The summed E-state index contributed by atoms with van der Waals surface area (Å²) in [5, 5.41) is 21.1. The first kappa shape index (κ1) is 17.8. The van der Waals surface area contributed by atoms with Gasteiger partial charge in [0.2, 0.25) is 6.35 Å². The van der Waals surface area contributed by atoms with Crippen LogP contribution in [0.1, 0.15) is 31.9 Å². The molecular formula is C20H24N4O2. The van der Waals surface area contributed by atoms with Gasteiger partial charge in [-0.25, -0.2) is 4.79 Å². The molecule has 1 aliphatic heterocycles. The predicted octanol–water partition coefficient (Wildman–Crippen LogP) is 3.89. The fourth-order valence-electron chi connectivity index (χ4n) is 2.89. The Labute approximate surface area is 153 Å². The molecule has 0 saturated carbocycles. The standard InChI is InChI=1S/C20H24N4O2/c1-12(2)13-6-5-7-14(10-13)20(3,4)24-19(26)21-15-8-9-16-17(11-15)23-18(25)22-16/h5-11,18,22-23,25H,1H2,2-4H3,(H2,21,24,26)/t18-/m1/s1. The highest BCUT2D eigenvalue weighted by Crippen LogP contribution is 2.31. The molecule has 0 radical (unpaired) electrons. The lowest BCUT2D eigenvalue weighted by Gasteiger charge is -2.27. The molecule has 2 aromatic rings. The van der Waals surface area contributed by atoms with Crippen molar-refractivity contribution in [1.82, 2.24) is 5.32 Å². The van der Waals surface area contributed by atoms with Gasteiger partial charge in [0.1, 0.15) is 0 Å². The Morgan fingerprint density at radius 3 is 2.62 bits per heavy atom. The Kier molecular flexibility index (Phi) is 4.61. The van der Waals surface area contributed by atoms with Crippen molar-refractivity contribution in [2.75, 3.05) is 16.0 Å². The SMILES string of the molecule is C=C(C)c1cccc(C(C)(C)NC(=O)Nc2ccc3c(c2)N[C@H](O)N3)c1. The van der Waals surface area contributed by atoms with E-state index in [-0.39, 0.29) is 6.03 Å². The fourth-order valence-corrected chi connectivity index (χ4v) is 2.89. The normalized spacial score (nSPS) is 15.5. The largest absolute Gasteiger partial charge is 0.357 e. The Bertz CT molecular complexity index is 861. The third kappa shape index (κ3) is 3.81. The number of carbonyl (C=O) groups excluding carboxylic acids is 1. The zero-order chi connectivity index (χ0) is 18.9. The van der Waals surface area contributed by atoms with Crippen molar-refractivity contribution < 1.29 is 9.90 Å². The van der Waals surface area contributed by atoms with Crippen LogP contribution in [-0.4, -0.2) is 17.5 Å². The molecule has 0 bridgehead atoms. The van der Waals surface area contributed by atoms with Gasteiger partial charge in [-0.15, -0.1) is 0 Å². The van der Waals surface area contributed by atoms with Gasteiger partial charge in [-0.3, -0.25) is 0 Å². The highest BCUT2D eigenvalue weighted by molar-refractivity contribution is 5.92. The van der Waals surface area contributed by atoms with E-state index < -0.39 is 11.9 Å². The van der Waals surface area contributed by atoms with E-state index in [0.29, 0.717) is 5.69 Å². The Hall–Kier alpha value is -2.99. The van der Waals surface area contributed by atoms with Gasteiger partial charge in [0.25, 0.3) is 0 Å². The van der Waals surface area contributed by atoms with Crippen LogP contribution in [0.5, 0.6) is 0 Å². The minimum atomic E-state index is -0.811. The summed E-state index contributed by atoms with van der Waals surface area (Å²) in [5.74, 6) is 0. The van der Waals surface area contributed by atoms with Gasteiger partial charge < -0.3 is 26.4 Å². The van der Waals surface area contributed by atoms with Gasteiger partial charge in [-0.1, -0.05) is 30.4 Å². The number of hydrogen-bond donors (Lipinski definition) is 5. The van der Waals surface area contributed by atoms with Crippen LogP contribution in [0, 0.1) is 0 Å². The molecule has 0 aromatic heterocycles. The molecule has 0 saturated heterocycles. The molecule has 2 aromatic carbocycles. The zero-order valence-corrected chi connectivity index (χ0v) is 15.2. The second-order valence-electron chi connectivity index (χ2n) is 7.02. The minimum Gasteiger partial charge on any atom is -0.357 e. The van der Waals surface area contributed by atoms with E-state index in [4.69, 9.17) is 0 Å². The summed E-state index contributed by atoms with van der Waals surface area (Å²) in [4.78, 5) is 12.5. The molecule has 26 heavy (non-hydrogen) atoms. The van der Waals surface area contributed by atoms with Crippen molar-refractivity contribution in [2.45, 2.75) is 32.7 Å². The highest BCUT2D eigenvalue weighted by Gasteiger charge is 2.24. The van der Waals surface area contributed by atoms with E-state index >= 15 is 0 Å². The second-order valence-corrected chi connectivity index (χ2v) is 7.02. The summed E-state index contributed by atoms with van der Waals surface area (Å²) in [6, 6.07) is 13.0. The van der Waals surface area contributed by atoms with Crippen molar-refractivity contribution in [3.8, 4) is 0 Å². The second kappa shape index (κ2) is 6.72. The summed E-state index contributed by atoms with van der Waals surface area (Å²) < 4.78 is 0. The number of hydrogen-bond acceptors (Lipinski definition) is 4. The van der Waals surface area contributed by atoms with Crippen LogP contribution < -0.4 is 21.3 Å². The van der Waals surface area contributed by atoms with Crippen LogP contribution in [0.15, 0.2) is 49.0 Å². The molecule has 136 valence electrons. The van der Waals surface area contributed by atoms with E-state index in [1.807, 2.05) is 45.0 Å². The summed E-state index contributed by atoms with van der Waals surface area (Å²) >= 11 is 0. The van der Waals surface area contributed by atoms with Gasteiger partial charge in [0, 0.05) is 5.69 Å². The fraction of sp³-hybridized carbons (Fsp3) is 0.250. The summed E-state index contributed by atoms with van der Waals surface area (Å²) in [6.07, 6.45) is -0.811. The van der Waals surface area contributed by atoms with Crippen molar-refractivity contribution in [3.05, 3.63) is 60.2 Å². The van der Waals surface area contributed by atoms with Gasteiger partial charge in [-0.05, 0) is 56.2 Å². The zero-order valence-electron chi connectivity index (χ0n) is 15.2. The molecule has 3 rings (SSSR count). The number of aliphatic hydroxyl groups is 1. The molecule has 1 atom stereocenters. The van der Waals surface area contributed by atoms with E-state index in [0.717, 1.165) is 28.1 Å². The maximum atomic E-state index is 12.5. The molecule has 1 heterocycles. The number of allylic oxidation sites excluding steroid dienone is 1. The molecule has 1 aliphatic rings. The van der Waals surface area contributed by atoms with Crippen molar-refractivity contribution in [2.24, 2.45) is 0 Å². The maximum absolute atomic E-state index is 12.5. The summed E-state index contributed by atoms with van der Waals surface area (Å²) in [7, 11) is 0. The first-order valence-electron chi connectivity index (χ1n) is 8.45. The van der Waals surface area contributed by atoms with Crippen LogP contribution in [-0.2, 0) is 5.54 Å². The van der Waals surface area contributed by atoms with Gasteiger partial charge >= 0.3 is 6.03 Å². The van der Waals surface area contributed by atoms with E-state index in [2.05, 4.69) is 27.8 Å². The van der Waals surface area contributed by atoms with Crippen LogP contribution in [0.25, 0.3) is 5.57 Å². The lowest BCUT2D eigenvalue weighted by atomic mass is 9.92. The number of carbonyl (C=O) groups is 1. The van der Waals surface area contributed by atoms with E-state index in [1.165, 1.54) is 0 Å². The van der Waals surface area contributed by atoms with Gasteiger partial charge in [0.05, 0.1) is 16.9 Å². The van der Waals surface area contributed by atoms with Gasteiger partial charge in [-0.2, -0.15) is 0 Å². The Morgan fingerprint density at radius 1 is 1.15 bits per heavy atom. The molecule has 0 fully saturated rings. The molecule has 0 spiro atoms. The lowest BCUT2D eigenvalue weighted by Crippen LogP contribution is -2.43. The number of fused-ring (bicyclic) bond motifs is 1.